The van der Waals surface area contributed by atoms with Crippen molar-refractivity contribution >= 4 is 44.6 Å². The summed E-state index contributed by atoms with van der Waals surface area (Å²) in [5.74, 6) is 1.17. The fourth-order valence-electron chi connectivity index (χ4n) is 3.94. The lowest BCUT2D eigenvalue weighted by molar-refractivity contribution is 0.0711. The van der Waals surface area contributed by atoms with Gasteiger partial charge in [0.05, 0.1) is 21.2 Å². The zero-order valence-electron chi connectivity index (χ0n) is 16.7. The molecule has 0 radical (unpaired) electrons. The Morgan fingerprint density at radius 3 is 3.03 bits per heavy atom. The number of likely N-dealkylation sites (tertiary alicyclic amines) is 1. The molecule has 5 heterocycles. The largest absolute Gasteiger partial charge is 0.366 e. The van der Waals surface area contributed by atoms with Gasteiger partial charge in [-0.2, -0.15) is 9.61 Å². The van der Waals surface area contributed by atoms with Crippen LogP contribution >= 0.6 is 27.3 Å². The predicted octanol–water partition coefficient (Wildman–Crippen LogP) is 4.58. The second kappa shape index (κ2) is 8.76. The van der Waals surface area contributed by atoms with Crippen LogP contribution in [0.1, 0.15) is 39.7 Å². The Kier molecular flexibility index (Phi) is 5.69. The summed E-state index contributed by atoms with van der Waals surface area (Å²) < 4.78 is 2.66. The molecule has 1 atom stereocenters. The normalized spacial score (nSPS) is 16.5. The minimum absolute atomic E-state index is 0.112. The molecule has 0 aliphatic carbocycles. The molecule has 1 aliphatic rings. The number of hydrogen-bond donors (Lipinski definition) is 1. The first-order chi connectivity index (χ1) is 15.2. The first kappa shape index (κ1) is 20.1. The van der Waals surface area contributed by atoms with Crippen LogP contribution in [0.5, 0.6) is 0 Å². The van der Waals surface area contributed by atoms with Crippen LogP contribution in [0.25, 0.3) is 5.65 Å². The number of fused-ring (bicyclic) bond motifs is 1. The summed E-state index contributed by atoms with van der Waals surface area (Å²) in [6.07, 6.45) is 7.34. The molecule has 9 heteroatoms. The van der Waals surface area contributed by atoms with Gasteiger partial charge >= 0.3 is 0 Å². The number of nitrogens with zero attached hydrogens (tertiary/aromatic N) is 5. The van der Waals surface area contributed by atoms with Gasteiger partial charge in [-0.05, 0) is 51.8 Å². The van der Waals surface area contributed by atoms with Gasteiger partial charge in [0, 0.05) is 44.0 Å². The number of hydrogen-bond acceptors (Lipinski definition) is 6. The highest BCUT2D eigenvalue weighted by molar-refractivity contribution is 9.10. The Hall–Kier alpha value is -2.78. The second-order valence-corrected chi connectivity index (χ2v) is 9.38. The monoisotopic (exact) mass is 496 g/mol. The van der Waals surface area contributed by atoms with Crippen LogP contribution in [0.15, 0.2) is 58.8 Å². The van der Waals surface area contributed by atoms with Crippen molar-refractivity contribution in [2.24, 2.45) is 0 Å². The quantitative estimate of drug-likeness (QED) is 0.437. The number of amides is 1. The molecule has 4 aromatic rings. The lowest BCUT2D eigenvalue weighted by Gasteiger charge is -2.32. The van der Waals surface area contributed by atoms with Crippen molar-refractivity contribution in [3.05, 3.63) is 74.9 Å². The highest BCUT2D eigenvalue weighted by Crippen LogP contribution is 2.30. The van der Waals surface area contributed by atoms with Crippen LogP contribution in [-0.4, -0.2) is 43.5 Å². The standard InChI is InChI=1S/C22H21BrN6OS/c23-17-13-26-29-20(25-12-15-4-1-7-24-11-15)10-18(27-21(17)29)16-5-2-8-28(14-16)22(30)19-6-3-9-31-19/h1,3-4,6-7,9-11,13,16,25H,2,5,8,12,14H2. The van der Waals surface area contributed by atoms with E-state index in [1.165, 1.54) is 11.3 Å². The number of carbonyl (C=O) groups excluding carboxylic acids is 1. The Bertz CT molecular complexity index is 1190. The Morgan fingerprint density at radius 1 is 1.29 bits per heavy atom. The summed E-state index contributed by atoms with van der Waals surface area (Å²) >= 11 is 5.06. The molecular formula is C22H21BrN6OS. The minimum Gasteiger partial charge on any atom is -0.366 e. The van der Waals surface area contributed by atoms with Crippen LogP contribution < -0.4 is 5.32 Å². The summed E-state index contributed by atoms with van der Waals surface area (Å²) in [4.78, 5) is 24.7. The van der Waals surface area contributed by atoms with E-state index in [0.29, 0.717) is 13.1 Å². The van der Waals surface area contributed by atoms with Gasteiger partial charge in [0.2, 0.25) is 0 Å². The lowest BCUT2D eigenvalue weighted by Crippen LogP contribution is -2.39. The third kappa shape index (κ3) is 4.20. The van der Waals surface area contributed by atoms with Crippen LogP contribution in [0, 0.1) is 0 Å². The minimum atomic E-state index is 0.112. The number of thiophene rings is 1. The van der Waals surface area contributed by atoms with Gasteiger partial charge in [-0.25, -0.2) is 4.98 Å². The molecule has 0 saturated carbocycles. The van der Waals surface area contributed by atoms with Crippen molar-refractivity contribution in [2.75, 3.05) is 18.4 Å². The van der Waals surface area contributed by atoms with Gasteiger partial charge in [-0.15, -0.1) is 11.3 Å². The molecule has 1 amide bonds. The maximum absolute atomic E-state index is 12.9. The van der Waals surface area contributed by atoms with E-state index in [-0.39, 0.29) is 11.8 Å². The molecule has 0 aromatic carbocycles. The van der Waals surface area contributed by atoms with E-state index in [2.05, 4.69) is 37.4 Å². The van der Waals surface area contributed by atoms with Gasteiger partial charge < -0.3 is 10.2 Å². The average molecular weight is 497 g/mol. The molecule has 5 rings (SSSR count). The van der Waals surface area contributed by atoms with Crippen LogP contribution in [0.2, 0.25) is 0 Å². The maximum Gasteiger partial charge on any atom is 0.263 e. The predicted molar refractivity (Wildman–Crippen MR) is 124 cm³/mol. The summed E-state index contributed by atoms with van der Waals surface area (Å²) in [5.41, 5.74) is 2.84. The molecule has 31 heavy (non-hydrogen) atoms. The second-order valence-electron chi connectivity index (χ2n) is 7.58. The zero-order valence-corrected chi connectivity index (χ0v) is 19.1. The van der Waals surface area contributed by atoms with Crippen molar-refractivity contribution in [3.8, 4) is 0 Å². The van der Waals surface area contributed by atoms with E-state index in [9.17, 15) is 4.79 Å². The Morgan fingerprint density at radius 2 is 2.23 bits per heavy atom. The Balaban J connectivity index is 1.42. The van der Waals surface area contributed by atoms with Gasteiger partial charge in [0.1, 0.15) is 5.82 Å². The number of aromatic nitrogens is 4. The summed E-state index contributed by atoms with van der Waals surface area (Å²) in [6, 6.07) is 9.84. The molecular weight excluding hydrogens is 476 g/mol. The van der Waals surface area contributed by atoms with E-state index >= 15 is 0 Å². The average Bonchev–Trinajstić information content (AvgIpc) is 3.48. The smallest absolute Gasteiger partial charge is 0.263 e. The van der Waals surface area contributed by atoms with Gasteiger partial charge in [0.25, 0.3) is 5.91 Å². The van der Waals surface area contributed by atoms with Gasteiger partial charge in [-0.1, -0.05) is 12.1 Å². The Labute approximate surface area is 192 Å². The molecule has 1 fully saturated rings. The summed E-state index contributed by atoms with van der Waals surface area (Å²) in [7, 11) is 0. The number of anilines is 1. The van der Waals surface area contributed by atoms with Crippen LogP contribution in [0.4, 0.5) is 5.82 Å². The molecule has 7 nitrogen and oxygen atoms in total. The van der Waals surface area contributed by atoms with E-state index in [1.807, 2.05) is 40.7 Å². The maximum atomic E-state index is 12.9. The summed E-state index contributed by atoms with van der Waals surface area (Å²) in [6.45, 7) is 2.10. The van der Waals surface area contributed by atoms with E-state index < -0.39 is 0 Å². The zero-order chi connectivity index (χ0) is 21.2. The highest BCUT2D eigenvalue weighted by Gasteiger charge is 2.27. The molecule has 0 bridgehead atoms. The molecule has 158 valence electrons. The number of carbonyl (C=O) groups is 1. The van der Waals surface area contributed by atoms with Gasteiger partial charge in [0.15, 0.2) is 5.65 Å². The summed E-state index contributed by atoms with van der Waals surface area (Å²) in [5, 5.41) is 9.88. The number of rotatable bonds is 5. The van der Waals surface area contributed by atoms with Crippen LogP contribution in [0.3, 0.4) is 0 Å². The lowest BCUT2D eigenvalue weighted by atomic mass is 9.94. The molecule has 4 aromatic heterocycles. The highest BCUT2D eigenvalue weighted by atomic mass is 79.9. The third-order valence-corrected chi connectivity index (χ3v) is 6.92. The first-order valence-corrected chi connectivity index (χ1v) is 11.9. The molecule has 1 N–H and O–H groups in total. The number of pyridine rings is 1. The van der Waals surface area contributed by atoms with Gasteiger partial charge in [-0.3, -0.25) is 9.78 Å². The fourth-order valence-corrected chi connectivity index (χ4v) is 4.98. The van der Waals surface area contributed by atoms with E-state index in [1.54, 1.807) is 16.9 Å². The van der Waals surface area contributed by atoms with E-state index in [0.717, 1.165) is 51.5 Å². The third-order valence-electron chi connectivity index (χ3n) is 5.50. The van der Waals surface area contributed by atoms with Crippen molar-refractivity contribution in [2.45, 2.75) is 25.3 Å². The topological polar surface area (TPSA) is 75.4 Å². The van der Waals surface area contributed by atoms with Crippen LogP contribution in [-0.2, 0) is 6.54 Å². The number of halogens is 1. The molecule has 1 saturated heterocycles. The van der Waals surface area contributed by atoms with Crippen molar-refractivity contribution in [1.82, 2.24) is 24.5 Å². The number of nitrogens with one attached hydrogen (secondary N) is 1. The molecule has 0 spiro atoms. The first-order valence-electron chi connectivity index (χ1n) is 10.2. The SMILES string of the molecule is O=C(c1cccs1)N1CCCC(c2cc(NCc3cccnc3)n3ncc(Br)c3n2)C1. The number of piperidine rings is 1. The van der Waals surface area contributed by atoms with E-state index in [4.69, 9.17) is 4.98 Å². The fraction of sp³-hybridized carbons (Fsp3) is 0.273. The molecule has 1 unspecified atom stereocenters. The van der Waals surface area contributed by atoms with Crippen molar-refractivity contribution in [1.29, 1.82) is 0 Å². The molecule has 1 aliphatic heterocycles. The van der Waals surface area contributed by atoms with Crippen molar-refractivity contribution in [3.63, 3.8) is 0 Å². The van der Waals surface area contributed by atoms with Crippen molar-refractivity contribution < 1.29 is 4.79 Å².